The summed E-state index contributed by atoms with van der Waals surface area (Å²) in [5.41, 5.74) is 11.0. The number of hydrogen-bond acceptors (Lipinski definition) is 8. The summed E-state index contributed by atoms with van der Waals surface area (Å²) < 4.78 is 0. The van der Waals surface area contributed by atoms with Gasteiger partial charge in [0.1, 0.15) is 0 Å². The zero-order valence-corrected chi connectivity index (χ0v) is 27.9. The van der Waals surface area contributed by atoms with Crippen LogP contribution in [0.25, 0.3) is 0 Å². The zero-order valence-electron chi connectivity index (χ0n) is 26.4. The van der Waals surface area contributed by atoms with Crippen molar-refractivity contribution in [2.24, 2.45) is 28.7 Å². The van der Waals surface area contributed by atoms with Gasteiger partial charge in [-0.1, -0.05) is 37.0 Å². The summed E-state index contributed by atoms with van der Waals surface area (Å²) in [5, 5.41) is 30.3. The van der Waals surface area contributed by atoms with Crippen LogP contribution in [0.1, 0.15) is 48.0 Å². The number of halogens is 2. The molecule has 0 spiro atoms. The molecule has 0 aliphatic carbocycles. The quantitative estimate of drug-likeness (QED) is 0.168. The average Bonchev–Trinajstić information content (AvgIpc) is 2.92. The van der Waals surface area contributed by atoms with Crippen LogP contribution in [0.5, 0.6) is 0 Å². The standard InChI is InChI=1S/C26H41Cl2N5O4.C4H4O4/c1-15(2)17(23(36)31-13-25(3,4)24(30)37)10-21(34)19(29)11-32-12-22(35)33(14-26(32,5)6)20-9-16(27)7-8-18(20)28;5-3(6)1-2-4(7)8/h7-9,15,17,19,21,34H,10-14,29H2,1-6H3,(H2,30,37)(H,31,36);1-2H,(H,5,6)(H,7,8)/b;2-1+/t17-,19-,21-;/m0./s1. The Balaban J connectivity index is 0.00000111. The first-order chi connectivity index (χ1) is 20.6. The molecular weight excluding hydrogens is 629 g/mol. The number of rotatable bonds is 13. The number of carboxylic acids is 2. The summed E-state index contributed by atoms with van der Waals surface area (Å²) in [6, 6.07) is 4.31. The summed E-state index contributed by atoms with van der Waals surface area (Å²) in [4.78, 5) is 60.2. The van der Waals surface area contributed by atoms with E-state index >= 15 is 0 Å². The van der Waals surface area contributed by atoms with E-state index in [0.29, 0.717) is 34.4 Å². The third-order valence-electron chi connectivity index (χ3n) is 7.53. The van der Waals surface area contributed by atoms with E-state index in [-0.39, 0.29) is 43.8 Å². The molecule has 0 aromatic heterocycles. The molecule has 0 unspecified atom stereocenters. The molecule has 2 rings (SSSR count). The topological polar surface area (TPSA) is 217 Å². The number of benzene rings is 1. The molecule has 13 nitrogen and oxygen atoms in total. The minimum absolute atomic E-state index is 0.0671. The minimum Gasteiger partial charge on any atom is -0.478 e. The predicted octanol–water partition coefficient (Wildman–Crippen LogP) is 2.11. The highest BCUT2D eigenvalue weighted by Crippen LogP contribution is 2.33. The van der Waals surface area contributed by atoms with Gasteiger partial charge in [-0.15, -0.1) is 0 Å². The zero-order chi connectivity index (χ0) is 34.9. The van der Waals surface area contributed by atoms with Gasteiger partial charge in [-0.05, 0) is 58.2 Å². The van der Waals surface area contributed by atoms with Crippen molar-refractivity contribution < 1.29 is 39.3 Å². The van der Waals surface area contributed by atoms with Crippen molar-refractivity contribution in [2.45, 2.75) is 65.6 Å². The maximum atomic E-state index is 13.1. The van der Waals surface area contributed by atoms with Crippen molar-refractivity contribution in [2.75, 3.05) is 31.1 Å². The van der Waals surface area contributed by atoms with Crippen molar-refractivity contribution in [3.63, 3.8) is 0 Å². The number of amides is 3. The molecule has 1 aliphatic rings. The number of aliphatic hydroxyl groups excluding tert-OH is 1. The maximum absolute atomic E-state index is 13.1. The molecule has 8 N–H and O–H groups in total. The van der Waals surface area contributed by atoms with Gasteiger partial charge in [-0.2, -0.15) is 0 Å². The monoisotopic (exact) mass is 673 g/mol. The summed E-state index contributed by atoms with van der Waals surface area (Å²) >= 11 is 12.5. The van der Waals surface area contributed by atoms with E-state index in [4.69, 9.17) is 44.9 Å². The van der Waals surface area contributed by atoms with Gasteiger partial charge in [0.05, 0.1) is 28.8 Å². The van der Waals surface area contributed by atoms with Gasteiger partial charge in [0.15, 0.2) is 0 Å². The molecule has 0 radical (unpaired) electrons. The van der Waals surface area contributed by atoms with E-state index in [1.165, 1.54) is 0 Å². The van der Waals surface area contributed by atoms with Crippen molar-refractivity contribution in [1.29, 1.82) is 0 Å². The third-order valence-corrected chi connectivity index (χ3v) is 8.08. The van der Waals surface area contributed by atoms with Gasteiger partial charge in [-0.3, -0.25) is 19.3 Å². The van der Waals surface area contributed by atoms with Crippen LogP contribution in [-0.4, -0.2) is 93.7 Å². The maximum Gasteiger partial charge on any atom is 0.328 e. The van der Waals surface area contributed by atoms with Gasteiger partial charge >= 0.3 is 11.9 Å². The Morgan fingerprint density at radius 3 is 2.16 bits per heavy atom. The van der Waals surface area contributed by atoms with Crippen LogP contribution >= 0.6 is 23.2 Å². The second-order valence-corrected chi connectivity index (χ2v) is 13.4. The van der Waals surface area contributed by atoms with Crippen LogP contribution in [0, 0.1) is 17.3 Å². The Morgan fingerprint density at radius 1 is 1.11 bits per heavy atom. The van der Waals surface area contributed by atoms with Crippen molar-refractivity contribution in [3.05, 3.63) is 40.4 Å². The molecule has 1 saturated heterocycles. The number of nitrogens with zero attached hydrogens (tertiary/aromatic N) is 2. The molecule has 15 heteroatoms. The first-order valence-corrected chi connectivity index (χ1v) is 15.0. The number of aliphatic hydroxyl groups is 1. The highest BCUT2D eigenvalue weighted by atomic mass is 35.5. The number of anilines is 1. The number of carbonyl (C=O) groups excluding carboxylic acids is 3. The van der Waals surface area contributed by atoms with Gasteiger partial charge in [0.2, 0.25) is 17.7 Å². The van der Waals surface area contributed by atoms with Crippen LogP contribution in [0.4, 0.5) is 5.69 Å². The number of hydrogen-bond donors (Lipinski definition) is 6. The van der Waals surface area contributed by atoms with E-state index in [1.807, 2.05) is 32.6 Å². The average molecular weight is 675 g/mol. The number of carboxylic acid groups (broad SMARTS) is 2. The van der Waals surface area contributed by atoms with Gasteiger partial charge < -0.3 is 37.0 Å². The number of piperazine rings is 1. The van der Waals surface area contributed by atoms with Crippen LogP contribution in [0.15, 0.2) is 30.4 Å². The Hall–Kier alpha value is -3.23. The molecule has 0 bridgehead atoms. The Bertz CT molecular complexity index is 1250. The molecule has 3 amide bonds. The van der Waals surface area contributed by atoms with Crippen molar-refractivity contribution in [3.8, 4) is 0 Å². The lowest BCUT2D eigenvalue weighted by molar-refractivity contribution is -0.134. The predicted molar refractivity (Wildman–Crippen MR) is 172 cm³/mol. The first kappa shape index (κ1) is 39.8. The number of primary amides is 1. The van der Waals surface area contributed by atoms with E-state index in [2.05, 4.69) is 5.32 Å². The smallest absolute Gasteiger partial charge is 0.328 e. The molecule has 1 aromatic rings. The lowest BCUT2D eigenvalue weighted by Crippen LogP contribution is -2.64. The number of nitrogens with two attached hydrogens (primary N) is 2. The lowest BCUT2D eigenvalue weighted by Gasteiger charge is -2.48. The van der Waals surface area contributed by atoms with E-state index in [0.717, 1.165) is 0 Å². The van der Waals surface area contributed by atoms with Crippen LogP contribution in [0.3, 0.4) is 0 Å². The summed E-state index contributed by atoms with van der Waals surface area (Å²) in [6.45, 7) is 11.9. The fraction of sp³-hybridized carbons (Fsp3) is 0.567. The van der Waals surface area contributed by atoms with Crippen molar-refractivity contribution >= 4 is 58.5 Å². The number of aliphatic carboxylic acids is 2. The van der Waals surface area contributed by atoms with Crippen LogP contribution in [-0.2, 0) is 24.0 Å². The molecule has 0 saturated carbocycles. The first-order valence-electron chi connectivity index (χ1n) is 14.2. The largest absolute Gasteiger partial charge is 0.478 e. The highest BCUT2D eigenvalue weighted by molar-refractivity contribution is 6.35. The van der Waals surface area contributed by atoms with Gasteiger partial charge in [-0.25, -0.2) is 9.59 Å². The SMILES string of the molecule is CC(C)[C@H](C[C@H](O)[C@@H](N)CN1CC(=O)N(c2cc(Cl)ccc2Cl)CC1(C)C)C(=O)NCC(C)(C)C(N)=O.O=C(O)/C=C/C(=O)O. The van der Waals surface area contributed by atoms with Crippen molar-refractivity contribution in [1.82, 2.24) is 10.2 Å². The molecular formula is C30H45Cl2N5O8. The molecule has 1 aromatic carbocycles. The van der Waals surface area contributed by atoms with Gasteiger partial charge in [0, 0.05) is 54.3 Å². The number of nitrogens with one attached hydrogen (secondary N) is 1. The van der Waals surface area contributed by atoms with E-state index in [1.54, 1.807) is 36.9 Å². The molecule has 1 aliphatic heterocycles. The van der Waals surface area contributed by atoms with E-state index in [9.17, 15) is 29.1 Å². The fourth-order valence-corrected chi connectivity index (χ4v) is 4.81. The molecule has 3 atom stereocenters. The van der Waals surface area contributed by atoms with Crippen LogP contribution < -0.4 is 21.7 Å². The molecule has 45 heavy (non-hydrogen) atoms. The third kappa shape index (κ3) is 12.6. The molecule has 1 fully saturated rings. The second kappa shape index (κ2) is 16.9. The Morgan fingerprint density at radius 2 is 1.67 bits per heavy atom. The Kier molecular flexibility index (Phi) is 14.9. The summed E-state index contributed by atoms with van der Waals surface area (Å²) in [7, 11) is 0. The minimum atomic E-state index is -1.26. The number of carbonyl (C=O) groups is 5. The highest BCUT2D eigenvalue weighted by Gasteiger charge is 2.41. The molecule has 252 valence electrons. The summed E-state index contributed by atoms with van der Waals surface area (Å²) in [5.74, 6) is -4.02. The van der Waals surface area contributed by atoms with Crippen LogP contribution in [0.2, 0.25) is 10.0 Å². The Labute approximate surface area is 273 Å². The second-order valence-electron chi connectivity index (χ2n) is 12.6. The van der Waals surface area contributed by atoms with E-state index < -0.39 is 46.9 Å². The van der Waals surface area contributed by atoms with Gasteiger partial charge in [0.25, 0.3) is 0 Å². The fourth-order valence-electron chi connectivity index (χ4n) is 4.42. The lowest BCUT2D eigenvalue weighted by atomic mass is 9.86. The summed E-state index contributed by atoms with van der Waals surface area (Å²) in [6.07, 6.45) is 0.285. The normalized spacial score (nSPS) is 17.3. The molecule has 1 heterocycles.